The molecule has 0 saturated carbocycles. The Morgan fingerprint density at radius 3 is 2.48 bits per heavy atom. The van der Waals surface area contributed by atoms with E-state index in [-0.39, 0.29) is 0 Å². The summed E-state index contributed by atoms with van der Waals surface area (Å²) in [6.45, 7) is 5.77. The summed E-state index contributed by atoms with van der Waals surface area (Å²) in [6.07, 6.45) is 0. The number of halogens is 1. The molecule has 0 amide bonds. The maximum absolute atomic E-state index is 6.04. The minimum atomic E-state index is 0.312. The highest BCUT2D eigenvalue weighted by atomic mass is 35.5. The Kier molecular flexibility index (Phi) is 5.10. The topological polar surface area (TPSA) is 63.9 Å². The lowest BCUT2D eigenvalue weighted by Crippen LogP contribution is -2.45. The molecule has 0 N–H and O–H groups in total. The first-order valence-electron chi connectivity index (χ1n) is 9.64. The van der Waals surface area contributed by atoms with E-state index in [0.717, 1.165) is 49.8 Å². The van der Waals surface area contributed by atoms with E-state index in [1.165, 1.54) is 5.56 Å². The summed E-state index contributed by atoms with van der Waals surface area (Å²) in [4.78, 5) is 4.78. The van der Waals surface area contributed by atoms with E-state index in [0.29, 0.717) is 30.1 Å². The number of hydrogen-bond acceptors (Lipinski definition) is 7. The molecule has 2 aliphatic heterocycles. The van der Waals surface area contributed by atoms with Crippen LogP contribution in [0.3, 0.4) is 0 Å². The van der Waals surface area contributed by atoms with Gasteiger partial charge in [-0.25, -0.2) is 0 Å². The molecule has 2 aromatic carbocycles. The fourth-order valence-electron chi connectivity index (χ4n) is 3.65. The summed E-state index contributed by atoms with van der Waals surface area (Å²) in [5, 5.41) is 9.01. The van der Waals surface area contributed by atoms with Gasteiger partial charge in [0.05, 0.1) is 6.54 Å². The fraction of sp³-hybridized carbons (Fsp3) is 0.333. The van der Waals surface area contributed by atoms with Crippen molar-refractivity contribution in [1.82, 2.24) is 20.0 Å². The monoisotopic (exact) mass is 412 g/mol. The van der Waals surface area contributed by atoms with Gasteiger partial charge < -0.3 is 13.9 Å². The van der Waals surface area contributed by atoms with Crippen LogP contribution < -0.4 is 9.47 Å². The molecule has 150 valence electrons. The highest BCUT2D eigenvalue weighted by Crippen LogP contribution is 2.33. The third kappa shape index (κ3) is 4.22. The number of piperazine rings is 1. The molecule has 0 spiro atoms. The minimum Gasteiger partial charge on any atom is -0.454 e. The molecule has 8 heteroatoms. The highest BCUT2D eigenvalue weighted by molar-refractivity contribution is 6.30. The van der Waals surface area contributed by atoms with Crippen LogP contribution >= 0.6 is 11.6 Å². The maximum atomic E-state index is 6.04. The molecule has 3 aromatic rings. The van der Waals surface area contributed by atoms with E-state index in [1.807, 2.05) is 30.3 Å². The van der Waals surface area contributed by atoms with Crippen molar-refractivity contribution in [1.29, 1.82) is 0 Å². The van der Waals surface area contributed by atoms with Crippen molar-refractivity contribution in [2.24, 2.45) is 0 Å². The number of benzene rings is 2. The van der Waals surface area contributed by atoms with Crippen LogP contribution in [0.4, 0.5) is 0 Å². The number of nitrogens with zero attached hydrogens (tertiary/aromatic N) is 4. The number of ether oxygens (including phenoxy) is 2. The van der Waals surface area contributed by atoms with E-state index < -0.39 is 0 Å². The summed E-state index contributed by atoms with van der Waals surface area (Å²) in [7, 11) is 0. The lowest BCUT2D eigenvalue weighted by molar-refractivity contribution is 0.114. The zero-order chi connectivity index (χ0) is 19.6. The zero-order valence-electron chi connectivity index (χ0n) is 15.9. The number of rotatable bonds is 5. The SMILES string of the molecule is Clc1cccc(-c2nnc(CN3CCN(Cc4ccc5c(c4)OCO5)CC3)o2)c1. The van der Waals surface area contributed by atoms with Crippen molar-refractivity contribution in [3.8, 4) is 23.0 Å². The number of aromatic nitrogens is 2. The molecule has 0 bridgehead atoms. The summed E-state index contributed by atoms with van der Waals surface area (Å²) in [6, 6.07) is 13.6. The van der Waals surface area contributed by atoms with Crippen LogP contribution in [0.2, 0.25) is 5.02 Å². The van der Waals surface area contributed by atoms with Crippen LogP contribution in [0, 0.1) is 0 Å². The predicted octanol–water partition coefficient (Wildman–Crippen LogP) is 3.44. The van der Waals surface area contributed by atoms with Crippen LogP contribution in [0.1, 0.15) is 11.5 Å². The molecule has 0 radical (unpaired) electrons. The van der Waals surface area contributed by atoms with Crippen molar-refractivity contribution < 1.29 is 13.9 Å². The molecule has 1 aromatic heterocycles. The molecule has 1 saturated heterocycles. The van der Waals surface area contributed by atoms with E-state index in [9.17, 15) is 0 Å². The molecule has 29 heavy (non-hydrogen) atoms. The van der Waals surface area contributed by atoms with Crippen molar-refractivity contribution in [2.75, 3.05) is 33.0 Å². The molecule has 2 aliphatic rings. The average molecular weight is 413 g/mol. The van der Waals surface area contributed by atoms with Crippen molar-refractivity contribution in [2.45, 2.75) is 13.1 Å². The second kappa shape index (κ2) is 8.02. The molecular formula is C21H21ClN4O3. The van der Waals surface area contributed by atoms with Gasteiger partial charge >= 0.3 is 0 Å². The molecule has 7 nitrogen and oxygen atoms in total. The molecule has 0 aliphatic carbocycles. The number of hydrogen-bond donors (Lipinski definition) is 0. The predicted molar refractivity (Wildman–Crippen MR) is 108 cm³/mol. The molecule has 3 heterocycles. The Morgan fingerprint density at radius 2 is 1.66 bits per heavy atom. The second-order valence-corrected chi connectivity index (χ2v) is 7.69. The zero-order valence-corrected chi connectivity index (χ0v) is 16.6. The van der Waals surface area contributed by atoms with E-state index in [2.05, 4.69) is 32.1 Å². The molecular weight excluding hydrogens is 392 g/mol. The Hall–Kier alpha value is -2.61. The van der Waals surface area contributed by atoms with E-state index in [1.54, 1.807) is 0 Å². The lowest BCUT2D eigenvalue weighted by Gasteiger charge is -2.33. The van der Waals surface area contributed by atoms with Crippen LogP contribution in [0.15, 0.2) is 46.9 Å². The van der Waals surface area contributed by atoms with Crippen LogP contribution in [0.25, 0.3) is 11.5 Å². The smallest absolute Gasteiger partial charge is 0.247 e. The normalized spacial score (nSPS) is 17.0. The van der Waals surface area contributed by atoms with Gasteiger partial charge in [0.25, 0.3) is 0 Å². The molecule has 5 rings (SSSR count). The first-order chi connectivity index (χ1) is 14.2. The standard InChI is InChI=1S/C21H21ClN4O3/c22-17-3-1-2-16(11-17)21-24-23-20(29-21)13-26-8-6-25(7-9-26)12-15-4-5-18-19(10-15)28-14-27-18/h1-5,10-11H,6-9,12-14H2. The molecule has 1 fully saturated rings. The van der Waals surface area contributed by atoms with Crippen molar-refractivity contribution in [3.05, 3.63) is 58.9 Å². The summed E-state index contributed by atoms with van der Waals surface area (Å²) in [5.41, 5.74) is 2.08. The van der Waals surface area contributed by atoms with Gasteiger partial charge in [-0.3, -0.25) is 9.80 Å². The first-order valence-corrected chi connectivity index (χ1v) is 10.0. The van der Waals surface area contributed by atoms with Gasteiger partial charge in [0.1, 0.15) is 0 Å². The third-order valence-electron chi connectivity index (χ3n) is 5.21. The van der Waals surface area contributed by atoms with Gasteiger partial charge in [-0.05, 0) is 35.9 Å². The van der Waals surface area contributed by atoms with Crippen molar-refractivity contribution >= 4 is 11.6 Å². The van der Waals surface area contributed by atoms with Crippen LogP contribution in [0.5, 0.6) is 11.5 Å². The highest BCUT2D eigenvalue weighted by Gasteiger charge is 2.21. The molecule has 0 unspecified atom stereocenters. The van der Waals surface area contributed by atoms with Gasteiger partial charge in [-0.1, -0.05) is 23.7 Å². The van der Waals surface area contributed by atoms with Gasteiger partial charge in [0, 0.05) is 43.3 Å². The van der Waals surface area contributed by atoms with Crippen LogP contribution in [-0.2, 0) is 13.1 Å². The maximum Gasteiger partial charge on any atom is 0.247 e. The summed E-state index contributed by atoms with van der Waals surface area (Å²) >= 11 is 6.04. The minimum absolute atomic E-state index is 0.312. The quantitative estimate of drug-likeness (QED) is 0.636. The van der Waals surface area contributed by atoms with Crippen LogP contribution in [-0.4, -0.2) is 53.0 Å². The van der Waals surface area contributed by atoms with Gasteiger partial charge in [0.2, 0.25) is 18.6 Å². The van der Waals surface area contributed by atoms with Crippen molar-refractivity contribution in [3.63, 3.8) is 0 Å². The van der Waals surface area contributed by atoms with Gasteiger partial charge in [-0.2, -0.15) is 0 Å². The first kappa shape index (κ1) is 18.4. The largest absolute Gasteiger partial charge is 0.454 e. The Bertz CT molecular complexity index is 1000. The van der Waals surface area contributed by atoms with E-state index >= 15 is 0 Å². The van der Waals surface area contributed by atoms with E-state index in [4.69, 9.17) is 25.5 Å². The Labute approximate surface area is 173 Å². The Morgan fingerprint density at radius 1 is 0.862 bits per heavy atom. The lowest BCUT2D eigenvalue weighted by atomic mass is 10.1. The van der Waals surface area contributed by atoms with Gasteiger partial charge in [-0.15, -0.1) is 10.2 Å². The van der Waals surface area contributed by atoms with Gasteiger partial charge in [0.15, 0.2) is 11.5 Å². The average Bonchev–Trinajstić information content (AvgIpc) is 3.39. The second-order valence-electron chi connectivity index (χ2n) is 7.25. The summed E-state index contributed by atoms with van der Waals surface area (Å²) < 4.78 is 16.7. The number of fused-ring (bicyclic) bond motifs is 1. The fourth-order valence-corrected chi connectivity index (χ4v) is 3.84. The Balaban J connectivity index is 1.14. The summed E-state index contributed by atoms with van der Waals surface area (Å²) in [5.74, 6) is 2.80. The molecule has 0 atom stereocenters. The third-order valence-corrected chi connectivity index (χ3v) is 5.44.